The quantitative estimate of drug-likeness (QED) is 0.413. The van der Waals surface area contributed by atoms with E-state index >= 15 is 0 Å². The number of carbonyl (C=O) groups excluding carboxylic acids is 1. The second-order valence-corrected chi connectivity index (χ2v) is 5.84. The summed E-state index contributed by atoms with van der Waals surface area (Å²) in [6.07, 6.45) is 0. The van der Waals surface area contributed by atoms with Crippen LogP contribution in [0.3, 0.4) is 0 Å². The summed E-state index contributed by atoms with van der Waals surface area (Å²) >= 11 is 6.06. The smallest absolute Gasteiger partial charge is 0.242 e. The number of guanidine groups is 1. The Morgan fingerprint density at radius 3 is 2.52 bits per heavy atom. The standard InChI is InChI=1S/C18H29ClN4O2/c1-5-20-18(22(4)14-17(24)23(6-2)7-3)21-12-13-25-16-11-9-8-10-15(16)19/h8-11H,5-7,12-14H2,1-4H3,(H,20,21). The van der Waals surface area contributed by atoms with Gasteiger partial charge in [0, 0.05) is 26.7 Å². The minimum absolute atomic E-state index is 0.0884. The van der Waals surface area contributed by atoms with Crippen LogP contribution in [0.15, 0.2) is 29.3 Å². The van der Waals surface area contributed by atoms with E-state index in [1.165, 1.54) is 0 Å². The molecule has 0 bridgehead atoms. The first kappa shape index (κ1) is 21.1. The first-order valence-electron chi connectivity index (χ1n) is 8.67. The molecule has 6 nitrogen and oxygen atoms in total. The van der Waals surface area contributed by atoms with Crippen molar-refractivity contribution in [1.29, 1.82) is 0 Å². The second kappa shape index (κ2) is 11.6. The number of para-hydroxylation sites is 1. The lowest BCUT2D eigenvalue weighted by Crippen LogP contribution is -2.45. The van der Waals surface area contributed by atoms with Crippen LogP contribution in [0.25, 0.3) is 0 Å². The maximum Gasteiger partial charge on any atom is 0.242 e. The molecule has 0 unspecified atom stereocenters. The molecule has 1 aromatic rings. The van der Waals surface area contributed by atoms with Gasteiger partial charge in [-0.05, 0) is 32.9 Å². The van der Waals surface area contributed by atoms with Crippen LogP contribution in [0.5, 0.6) is 5.75 Å². The Balaban J connectivity index is 2.57. The third kappa shape index (κ3) is 7.22. The summed E-state index contributed by atoms with van der Waals surface area (Å²) in [6.45, 7) is 9.28. The number of halogens is 1. The molecule has 0 aliphatic heterocycles. The zero-order chi connectivity index (χ0) is 18.7. The molecule has 0 aliphatic carbocycles. The van der Waals surface area contributed by atoms with Crippen molar-refractivity contribution < 1.29 is 9.53 Å². The zero-order valence-corrected chi connectivity index (χ0v) is 16.3. The van der Waals surface area contributed by atoms with E-state index in [2.05, 4.69) is 10.3 Å². The topological polar surface area (TPSA) is 57.2 Å². The molecule has 1 N–H and O–H groups in total. The molecule has 1 amide bonds. The average molecular weight is 369 g/mol. The molecule has 1 aromatic carbocycles. The zero-order valence-electron chi connectivity index (χ0n) is 15.6. The van der Waals surface area contributed by atoms with Gasteiger partial charge in [0.15, 0.2) is 5.96 Å². The van der Waals surface area contributed by atoms with Crippen LogP contribution in [0, 0.1) is 0 Å². The molecule has 25 heavy (non-hydrogen) atoms. The Labute approximate surface area is 155 Å². The number of hydrogen-bond acceptors (Lipinski definition) is 3. The van der Waals surface area contributed by atoms with Crippen LogP contribution in [-0.2, 0) is 4.79 Å². The van der Waals surface area contributed by atoms with Gasteiger partial charge in [0.2, 0.25) is 5.91 Å². The van der Waals surface area contributed by atoms with Gasteiger partial charge >= 0.3 is 0 Å². The van der Waals surface area contributed by atoms with Crippen molar-refractivity contribution in [3.63, 3.8) is 0 Å². The van der Waals surface area contributed by atoms with Crippen LogP contribution in [0.2, 0.25) is 5.02 Å². The van der Waals surface area contributed by atoms with E-state index in [9.17, 15) is 4.79 Å². The van der Waals surface area contributed by atoms with E-state index in [1.54, 1.807) is 11.0 Å². The fourth-order valence-corrected chi connectivity index (χ4v) is 2.48. The molecule has 0 heterocycles. The van der Waals surface area contributed by atoms with Gasteiger partial charge in [-0.2, -0.15) is 0 Å². The molecule has 0 spiro atoms. The van der Waals surface area contributed by atoms with Crippen LogP contribution in [0.1, 0.15) is 20.8 Å². The van der Waals surface area contributed by atoms with Crippen molar-refractivity contribution >= 4 is 23.5 Å². The van der Waals surface area contributed by atoms with E-state index in [0.717, 1.165) is 6.54 Å². The Kier molecular flexibility index (Phi) is 9.77. The fourth-order valence-electron chi connectivity index (χ4n) is 2.29. The molecule has 1 rings (SSSR count). The summed E-state index contributed by atoms with van der Waals surface area (Å²) in [5.41, 5.74) is 0. The molecule has 140 valence electrons. The summed E-state index contributed by atoms with van der Waals surface area (Å²) in [7, 11) is 1.86. The molecule has 0 atom stereocenters. The summed E-state index contributed by atoms with van der Waals surface area (Å²) in [4.78, 5) is 20.4. The summed E-state index contributed by atoms with van der Waals surface area (Å²) in [5.74, 6) is 1.42. The maximum atomic E-state index is 12.2. The highest BCUT2D eigenvalue weighted by Crippen LogP contribution is 2.22. The number of carbonyl (C=O) groups is 1. The third-order valence-electron chi connectivity index (χ3n) is 3.63. The Hall–Kier alpha value is -1.95. The van der Waals surface area contributed by atoms with E-state index in [0.29, 0.717) is 49.5 Å². The van der Waals surface area contributed by atoms with E-state index < -0.39 is 0 Å². The molecular formula is C18H29ClN4O2. The van der Waals surface area contributed by atoms with Crippen LogP contribution in [-0.4, -0.2) is 68.0 Å². The van der Waals surface area contributed by atoms with Crippen LogP contribution < -0.4 is 10.1 Å². The summed E-state index contributed by atoms with van der Waals surface area (Å²) in [6, 6.07) is 7.35. The van der Waals surface area contributed by atoms with Crippen LogP contribution in [0.4, 0.5) is 0 Å². The Morgan fingerprint density at radius 2 is 1.92 bits per heavy atom. The van der Waals surface area contributed by atoms with E-state index in [1.807, 2.05) is 50.9 Å². The van der Waals surface area contributed by atoms with Gasteiger partial charge in [0.05, 0.1) is 18.1 Å². The molecule has 0 aromatic heterocycles. The first-order valence-corrected chi connectivity index (χ1v) is 9.05. The number of aliphatic imine (C=N–C) groups is 1. The summed E-state index contributed by atoms with van der Waals surface area (Å²) in [5, 5.41) is 3.78. The third-order valence-corrected chi connectivity index (χ3v) is 3.94. The van der Waals surface area contributed by atoms with Crippen molar-refractivity contribution in [3.8, 4) is 5.75 Å². The number of ether oxygens (including phenoxy) is 1. The van der Waals surface area contributed by atoms with Gasteiger partial charge in [-0.1, -0.05) is 23.7 Å². The molecule has 0 saturated carbocycles. The lowest BCUT2D eigenvalue weighted by Gasteiger charge is -2.25. The first-order chi connectivity index (χ1) is 12.0. The molecule has 7 heteroatoms. The lowest BCUT2D eigenvalue weighted by molar-refractivity contribution is -0.131. The highest BCUT2D eigenvalue weighted by molar-refractivity contribution is 6.32. The van der Waals surface area contributed by atoms with Crippen molar-refractivity contribution in [1.82, 2.24) is 15.1 Å². The van der Waals surface area contributed by atoms with Gasteiger partial charge in [-0.25, -0.2) is 4.99 Å². The molecule has 0 saturated heterocycles. The average Bonchev–Trinajstić information content (AvgIpc) is 2.60. The molecular weight excluding hydrogens is 340 g/mol. The second-order valence-electron chi connectivity index (χ2n) is 5.44. The largest absolute Gasteiger partial charge is 0.490 e. The van der Waals surface area contributed by atoms with Gasteiger partial charge in [-0.15, -0.1) is 0 Å². The number of rotatable bonds is 9. The normalized spacial score (nSPS) is 11.2. The van der Waals surface area contributed by atoms with Crippen molar-refractivity contribution in [3.05, 3.63) is 29.3 Å². The molecule has 0 fully saturated rings. The molecule has 0 aliphatic rings. The minimum Gasteiger partial charge on any atom is -0.490 e. The number of amides is 1. The van der Waals surface area contributed by atoms with E-state index in [4.69, 9.17) is 16.3 Å². The number of nitrogens with zero attached hydrogens (tertiary/aromatic N) is 3. The van der Waals surface area contributed by atoms with Crippen molar-refractivity contribution in [2.24, 2.45) is 4.99 Å². The minimum atomic E-state index is 0.0884. The Morgan fingerprint density at radius 1 is 1.24 bits per heavy atom. The van der Waals surface area contributed by atoms with Gasteiger partial charge < -0.3 is 19.9 Å². The maximum absolute atomic E-state index is 12.2. The highest BCUT2D eigenvalue weighted by Gasteiger charge is 2.14. The predicted molar refractivity (Wildman–Crippen MR) is 103 cm³/mol. The van der Waals surface area contributed by atoms with Crippen molar-refractivity contribution in [2.45, 2.75) is 20.8 Å². The van der Waals surface area contributed by atoms with Gasteiger partial charge in [0.1, 0.15) is 12.4 Å². The van der Waals surface area contributed by atoms with Crippen LogP contribution >= 0.6 is 11.6 Å². The van der Waals surface area contributed by atoms with Crippen molar-refractivity contribution in [2.75, 3.05) is 46.4 Å². The number of likely N-dealkylation sites (N-methyl/N-ethyl adjacent to an activating group) is 2. The van der Waals surface area contributed by atoms with E-state index in [-0.39, 0.29) is 5.91 Å². The highest BCUT2D eigenvalue weighted by atomic mass is 35.5. The summed E-state index contributed by atoms with van der Waals surface area (Å²) < 4.78 is 5.64. The fraction of sp³-hybridized carbons (Fsp3) is 0.556. The number of benzene rings is 1. The lowest BCUT2D eigenvalue weighted by atomic mass is 10.3. The monoisotopic (exact) mass is 368 g/mol. The number of hydrogen-bond donors (Lipinski definition) is 1. The van der Waals surface area contributed by atoms with Gasteiger partial charge in [0.25, 0.3) is 0 Å². The predicted octanol–water partition coefficient (Wildman–Crippen LogP) is 2.48. The Bertz CT molecular complexity index is 562. The van der Waals surface area contributed by atoms with Gasteiger partial charge in [-0.3, -0.25) is 4.79 Å². The SMILES string of the molecule is CCNC(=NCCOc1ccccc1Cl)N(C)CC(=O)N(CC)CC. The number of nitrogens with one attached hydrogen (secondary N) is 1. The molecule has 0 radical (unpaired) electrons.